The van der Waals surface area contributed by atoms with Gasteiger partial charge >= 0.3 is 5.97 Å². The fraction of sp³-hybridized carbons (Fsp3) is 0.226. The van der Waals surface area contributed by atoms with Gasteiger partial charge in [-0.2, -0.15) is 0 Å². The molecule has 0 aliphatic carbocycles. The summed E-state index contributed by atoms with van der Waals surface area (Å²) in [5, 5.41) is 3.53. The molecule has 0 unspecified atom stereocenters. The number of ether oxygens (including phenoxy) is 1. The van der Waals surface area contributed by atoms with E-state index in [-0.39, 0.29) is 11.9 Å². The van der Waals surface area contributed by atoms with Crippen molar-refractivity contribution in [2.45, 2.75) is 31.8 Å². The first-order chi connectivity index (χ1) is 18.5. The first kappa shape index (κ1) is 25.3. The monoisotopic (exact) mass is 506 g/mol. The van der Waals surface area contributed by atoms with Crippen molar-refractivity contribution in [1.29, 1.82) is 0 Å². The SMILES string of the molecule is COC(=O)c1cc(-c2ccncc2)cc2c1CCN2C(=O)[C@H](Cc1ccccc1)N[C@H](C)c1ccccn1. The van der Waals surface area contributed by atoms with Gasteiger partial charge in [-0.15, -0.1) is 0 Å². The predicted molar refractivity (Wildman–Crippen MR) is 147 cm³/mol. The second-order valence-electron chi connectivity index (χ2n) is 9.37. The molecule has 3 heterocycles. The Morgan fingerprint density at radius 3 is 2.45 bits per heavy atom. The molecule has 1 aliphatic rings. The van der Waals surface area contributed by atoms with E-state index in [2.05, 4.69) is 15.3 Å². The summed E-state index contributed by atoms with van der Waals surface area (Å²) >= 11 is 0. The highest BCUT2D eigenvalue weighted by Gasteiger charge is 2.34. The summed E-state index contributed by atoms with van der Waals surface area (Å²) in [7, 11) is 1.38. The maximum Gasteiger partial charge on any atom is 0.338 e. The number of anilines is 1. The van der Waals surface area contributed by atoms with E-state index in [1.165, 1.54) is 7.11 Å². The first-order valence-corrected chi connectivity index (χ1v) is 12.7. The number of nitrogens with one attached hydrogen (secondary N) is 1. The number of hydrogen-bond donors (Lipinski definition) is 1. The van der Waals surface area contributed by atoms with Crippen LogP contribution < -0.4 is 10.2 Å². The lowest BCUT2D eigenvalue weighted by atomic mass is 9.97. The van der Waals surface area contributed by atoms with Crippen LogP contribution in [0.5, 0.6) is 0 Å². The molecule has 0 bridgehead atoms. The van der Waals surface area contributed by atoms with Crippen LogP contribution in [0.3, 0.4) is 0 Å². The molecule has 0 saturated carbocycles. The van der Waals surface area contributed by atoms with Gasteiger partial charge in [0, 0.05) is 36.9 Å². The zero-order valence-corrected chi connectivity index (χ0v) is 21.5. The van der Waals surface area contributed by atoms with Crippen LogP contribution in [0.1, 0.15) is 40.1 Å². The van der Waals surface area contributed by atoms with Crippen LogP contribution >= 0.6 is 0 Å². The van der Waals surface area contributed by atoms with Gasteiger partial charge < -0.3 is 9.64 Å². The summed E-state index contributed by atoms with van der Waals surface area (Å²) < 4.78 is 5.10. The molecule has 38 heavy (non-hydrogen) atoms. The van der Waals surface area contributed by atoms with Crippen LogP contribution in [0.2, 0.25) is 0 Å². The number of esters is 1. The summed E-state index contributed by atoms with van der Waals surface area (Å²) in [5.41, 5.74) is 5.74. The number of carbonyl (C=O) groups is 2. The van der Waals surface area contributed by atoms with Crippen LogP contribution in [-0.2, 0) is 22.4 Å². The van der Waals surface area contributed by atoms with Crippen molar-refractivity contribution in [2.24, 2.45) is 0 Å². The second-order valence-corrected chi connectivity index (χ2v) is 9.37. The Hall–Kier alpha value is -4.36. The lowest BCUT2D eigenvalue weighted by Crippen LogP contribution is -2.48. The molecular formula is C31H30N4O3. The molecule has 0 saturated heterocycles. The molecule has 2 aromatic heterocycles. The van der Waals surface area contributed by atoms with Crippen LogP contribution in [0.4, 0.5) is 5.69 Å². The molecule has 0 spiro atoms. The fourth-order valence-corrected chi connectivity index (χ4v) is 5.01. The molecule has 7 nitrogen and oxygen atoms in total. The van der Waals surface area contributed by atoms with Crippen molar-refractivity contribution in [3.05, 3.63) is 114 Å². The van der Waals surface area contributed by atoms with E-state index >= 15 is 0 Å². The molecule has 192 valence electrons. The number of fused-ring (bicyclic) bond motifs is 1. The summed E-state index contributed by atoms with van der Waals surface area (Å²) in [6.45, 7) is 2.51. The minimum Gasteiger partial charge on any atom is -0.465 e. The van der Waals surface area contributed by atoms with Crippen molar-refractivity contribution in [2.75, 3.05) is 18.6 Å². The van der Waals surface area contributed by atoms with Gasteiger partial charge in [-0.25, -0.2) is 4.79 Å². The minimum atomic E-state index is -0.494. The molecule has 2 atom stereocenters. The third-order valence-corrected chi connectivity index (χ3v) is 6.95. The number of benzene rings is 2. The van der Waals surface area contributed by atoms with Gasteiger partial charge in [0.15, 0.2) is 0 Å². The Bertz CT molecular complexity index is 1410. The zero-order chi connectivity index (χ0) is 26.5. The highest BCUT2D eigenvalue weighted by atomic mass is 16.5. The van der Waals surface area contributed by atoms with E-state index in [0.717, 1.165) is 33.6 Å². The summed E-state index contributed by atoms with van der Waals surface area (Å²) in [5.74, 6) is -0.452. The largest absolute Gasteiger partial charge is 0.465 e. The number of amides is 1. The lowest BCUT2D eigenvalue weighted by molar-refractivity contribution is -0.120. The van der Waals surface area contributed by atoms with Crippen LogP contribution in [0.15, 0.2) is 91.4 Å². The van der Waals surface area contributed by atoms with Crippen molar-refractivity contribution >= 4 is 17.6 Å². The summed E-state index contributed by atoms with van der Waals surface area (Å²) in [4.78, 5) is 37.3. The quantitative estimate of drug-likeness (QED) is 0.346. The maximum atomic E-state index is 14.2. The van der Waals surface area contributed by atoms with Crippen molar-refractivity contribution in [3.63, 3.8) is 0 Å². The third-order valence-electron chi connectivity index (χ3n) is 6.95. The number of methoxy groups -OCH3 is 1. The normalized spacial score (nSPS) is 14.0. The molecular weight excluding hydrogens is 476 g/mol. The van der Waals surface area contributed by atoms with E-state index in [9.17, 15) is 9.59 Å². The second kappa shape index (κ2) is 11.4. The van der Waals surface area contributed by atoms with Crippen molar-refractivity contribution in [1.82, 2.24) is 15.3 Å². The molecule has 2 aromatic carbocycles. The summed E-state index contributed by atoms with van der Waals surface area (Å²) in [6.07, 6.45) is 6.28. The smallest absolute Gasteiger partial charge is 0.338 e. The number of carbonyl (C=O) groups excluding carboxylic acids is 2. The Balaban J connectivity index is 1.52. The molecule has 1 aliphatic heterocycles. The van der Waals surface area contributed by atoms with E-state index in [1.807, 2.05) is 79.7 Å². The Kier molecular flexibility index (Phi) is 7.56. The Morgan fingerprint density at radius 2 is 1.74 bits per heavy atom. The molecule has 1 amide bonds. The average molecular weight is 507 g/mol. The molecule has 7 heteroatoms. The fourth-order valence-electron chi connectivity index (χ4n) is 5.01. The number of nitrogens with zero attached hydrogens (tertiary/aromatic N) is 3. The van der Waals surface area contributed by atoms with Crippen molar-refractivity contribution in [3.8, 4) is 11.1 Å². The van der Waals surface area contributed by atoms with Gasteiger partial charge in [-0.1, -0.05) is 36.4 Å². The molecule has 0 radical (unpaired) electrons. The molecule has 0 fully saturated rings. The number of hydrogen-bond acceptors (Lipinski definition) is 6. The highest BCUT2D eigenvalue weighted by Crippen LogP contribution is 2.37. The van der Waals surface area contributed by atoms with Gasteiger partial charge in [0.25, 0.3) is 0 Å². The number of rotatable bonds is 8. The Labute approximate surface area is 222 Å². The standard InChI is InChI=1S/C31H30N4O3/c1-21(27-10-6-7-14-33-27)34-28(18-22-8-4-3-5-9-22)30(36)35-17-13-25-26(31(37)38-2)19-24(20-29(25)35)23-11-15-32-16-12-23/h3-12,14-16,19-21,28,34H,13,17-18H2,1-2H3/t21-,28+/m1/s1. The zero-order valence-electron chi connectivity index (χ0n) is 21.5. The highest BCUT2D eigenvalue weighted by molar-refractivity contribution is 6.03. The molecule has 4 aromatic rings. The topological polar surface area (TPSA) is 84.4 Å². The van der Waals surface area contributed by atoms with E-state index in [4.69, 9.17) is 4.74 Å². The van der Waals surface area contributed by atoms with Gasteiger partial charge in [0.05, 0.1) is 24.4 Å². The first-order valence-electron chi connectivity index (χ1n) is 12.7. The molecule has 1 N–H and O–H groups in total. The lowest BCUT2D eigenvalue weighted by Gasteiger charge is -2.28. The molecule has 5 rings (SSSR count). The van der Waals surface area contributed by atoms with Crippen LogP contribution in [-0.4, -0.2) is 41.5 Å². The maximum absolute atomic E-state index is 14.2. The van der Waals surface area contributed by atoms with Crippen molar-refractivity contribution < 1.29 is 14.3 Å². The third kappa shape index (κ3) is 5.33. The number of aromatic nitrogens is 2. The van der Waals surface area contributed by atoms with E-state index in [0.29, 0.717) is 24.9 Å². The van der Waals surface area contributed by atoms with Gasteiger partial charge in [0.2, 0.25) is 5.91 Å². The van der Waals surface area contributed by atoms with Gasteiger partial charge in [0.1, 0.15) is 0 Å². The van der Waals surface area contributed by atoms with E-state index < -0.39 is 12.0 Å². The average Bonchev–Trinajstić information content (AvgIpc) is 3.41. The van der Waals surface area contributed by atoms with Crippen LogP contribution in [0.25, 0.3) is 11.1 Å². The summed E-state index contributed by atoms with van der Waals surface area (Å²) in [6, 6.07) is 22.7. The number of pyridine rings is 2. The predicted octanol–water partition coefficient (Wildman–Crippen LogP) is 4.78. The minimum absolute atomic E-state index is 0.0434. The van der Waals surface area contributed by atoms with Gasteiger partial charge in [-0.05, 0) is 78.4 Å². The Morgan fingerprint density at radius 1 is 0.974 bits per heavy atom. The van der Waals surface area contributed by atoms with Crippen LogP contribution in [0, 0.1) is 0 Å². The van der Waals surface area contributed by atoms with E-state index in [1.54, 1.807) is 23.5 Å². The van der Waals surface area contributed by atoms with Gasteiger partial charge in [-0.3, -0.25) is 20.1 Å².